The summed E-state index contributed by atoms with van der Waals surface area (Å²) in [4.78, 5) is 19.4. The van der Waals surface area contributed by atoms with Crippen molar-refractivity contribution in [3.05, 3.63) is 193 Å². The molecule has 1 spiro atoms. The standard InChI is InChI=1S/C45H28N4O/c1-2-12-30(13-3-1)40-28-41(39-22-8-9-25-47-39)49-44(48-40)34-17-11-21-38-43(34)50-42-31(29-23-26-46-27-24-29)16-10-20-37(42)45(38)35-18-6-4-14-32(35)33-15-5-7-19-36(33)45/h1-28H. The van der Waals surface area contributed by atoms with Gasteiger partial charge in [0, 0.05) is 40.8 Å². The van der Waals surface area contributed by atoms with E-state index in [1.54, 1.807) is 6.20 Å². The Bertz CT molecular complexity index is 2470. The van der Waals surface area contributed by atoms with E-state index in [2.05, 4.69) is 107 Å². The minimum atomic E-state index is -0.643. The second-order valence-electron chi connectivity index (χ2n) is 12.6. The van der Waals surface area contributed by atoms with Crippen LogP contribution in [-0.4, -0.2) is 19.9 Å². The average Bonchev–Trinajstić information content (AvgIpc) is 3.49. The van der Waals surface area contributed by atoms with Crippen LogP contribution in [0, 0.1) is 0 Å². The van der Waals surface area contributed by atoms with Crippen LogP contribution < -0.4 is 4.74 Å². The molecule has 5 nitrogen and oxygen atoms in total. The Kier molecular flexibility index (Phi) is 6.33. The van der Waals surface area contributed by atoms with Crippen LogP contribution in [-0.2, 0) is 5.41 Å². The molecule has 10 rings (SSSR count). The number of fused-ring (bicyclic) bond motifs is 9. The van der Waals surface area contributed by atoms with Crippen molar-refractivity contribution in [1.29, 1.82) is 0 Å². The molecule has 0 unspecified atom stereocenters. The highest BCUT2D eigenvalue weighted by molar-refractivity contribution is 5.92. The van der Waals surface area contributed by atoms with Crippen molar-refractivity contribution < 1.29 is 4.74 Å². The van der Waals surface area contributed by atoms with E-state index in [0.717, 1.165) is 62.0 Å². The van der Waals surface area contributed by atoms with Crippen molar-refractivity contribution in [3.63, 3.8) is 0 Å². The summed E-state index contributed by atoms with van der Waals surface area (Å²) in [5.74, 6) is 2.13. The van der Waals surface area contributed by atoms with Gasteiger partial charge >= 0.3 is 0 Å². The fourth-order valence-electron chi connectivity index (χ4n) is 7.85. The molecule has 0 saturated heterocycles. The van der Waals surface area contributed by atoms with Gasteiger partial charge in [0.25, 0.3) is 0 Å². The summed E-state index contributed by atoms with van der Waals surface area (Å²) < 4.78 is 7.24. The predicted molar refractivity (Wildman–Crippen MR) is 197 cm³/mol. The first-order valence-corrected chi connectivity index (χ1v) is 16.7. The zero-order valence-corrected chi connectivity index (χ0v) is 26.9. The number of para-hydroxylation sites is 2. The Balaban J connectivity index is 1.30. The molecule has 3 aromatic heterocycles. The van der Waals surface area contributed by atoms with Gasteiger partial charge in [-0.05, 0) is 64.2 Å². The van der Waals surface area contributed by atoms with E-state index in [1.165, 1.54) is 22.3 Å². The highest BCUT2D eigenvalue weighted by Gasteiger charge is 2.52. The van der Waals surface area contributed by atoms with Gasteiger partial charge in [-0.3, -0.25) is 9.97 Å². The predicted octanol–water partition coefficient (Wildman–Crippen LogP) is 10.4. The van der Waals surface area contributed by atoms with Crippen molar-refractivity contribution in [2.24, 2.45) is 0 Å². The van der Waals surface area contributed by atoms with Crippen LogP contribution >= 0.6 is 0 Å². The Hall–Kier alpha value is -6.72. The van der Waals surface area contributed by atoms with Gasteiger partial charge in [-0.25, -0.2) is 9.97 Å². The number of benzene rings is 5. The zero-order chi connectivity index (χ0) is 33.1. The number of pyridine rings is 2. The molecule has 0 saturated carbocycles. The number of nitrogens with zero attached hydrogens (tertiary/aromatic N) is 4. The largest absolute Gasteiger partial charge is 0.455 e. The lowest BCUT2D eigenvalue weighted by Crippen LogP contribution is -2.32. The van der Waals surface area contributed by atoms with Gasteiger partial charge in [0.15, 0.2) is 5.82 Å². The van der Waals surface area contributed by atoms with Gasteiger partial charge in [0.2, 0.25) is 0 Å². The van der Waals surface area contributed by atoms with Gasteiger partial charge in [0.1, 0.15) is 11.5 Å². The third-order valence-corrected chi connectivity index (χ3v) is 9.95. The van der Waals surface area contributed by atoms with Crippen molar-refractivity contribution in [1.82, 2.24) is 19.9 Å². The lowest BCUT2D eigenvalue weighted by atomic mass is 9.65. The summed E-state index contributed by atoms with van der Waals surface area (Å²) >= 11 is 0. The molecule has 1 aliphatic heterocycles. The van der Waals surface area contributed by atoms with Crippen LogP contribution in [0.2, 0.25) is 0 Å². The van der Waals surface area contributed by atoms with E-state index < -0.39 is 5.41 Å². The molecule has 0 N–H and O–H groups in total. The van der Waals surface area contributed by atoms with Gasteiger partial charge in [-0.15, -0.1) is 0 Å². The number of hydrogen-bond acceptors (Lipinski definition) is 5. The quantitative estimate of drug-likeness (QED) is 0.192. The summed E-state index contributed by atoms with van der Waals surface area (Å²) in [5, 5.41) is 0. The summed E-state index contributed by atoms with van der Waals surface area (Å²) in [5.41, 5.74) is 12.6. The number of aromatic nitrogens is 4. The smallest absolute Gasteiger partial charge is 0.164 e. The molecule has 2 aliphatic rings. The van der Waals surface area contributed by atoms with Crippen LogP contribution in [0.1, 0.15) is 22.3 Å². The molecule has 0 atom stereocenters. The van der Waals surface area contributed by atoms with Crippen molar-refractivity contribution in [3.8, 4) is 67.8 Å². The van der Waals surface area contributed by atoms with Crippen LogP contribution in [0.5, 0.6) is 11.5 Å². The first-order valence-electron chi connectivity index (χ1n) is 16.7. The summed E-state index contributed by atoms with van der Waals surface area (Å²) in [6.07, 6.45) is 5.45. The normalized spacial score (nSPS) is 13.1. The van der Waals surface area contributed by atoms with E-state index in [9.17, 15) is 0 Å². The minimum Gasteiger partial charge on any atom is -0.455 e. The van der Waals surface area contributed by atoms with Crippen LogP contribution in [0.4, 0.5) is 0 Å². The molecule has 8 aromatic rings. The van der Waals surface area contributed by atoms with Crippen LogP contribution in [0.25, 0.3) is 56.3 Å². The molecule has 5 aromatic carbocycles. The number of rotatable bonds is 4. The highest BCUT2D eigenvalue weighted by Crippen LogP contribution is 2.64. The van der Waals surface area contributed by atoms with E-state index in [0.29, 0.717) is 5.82 Å². The molecule has 4 heterocycles. The van der Waals surface area contributed by atoms with Gasteiger partial charge in [0.05, 0.1) is 28.1 Å². The molecular weight excluding hydrogens is 613 g/mol. The second kappa shape index (κ2) is 11.2. The van der Waals surface area contributed by atoms with Crippen LogP contribution in [0.15, 0.2) is 170 Å². The molecule has 0 amide bonds. The molecule has 0 bridgehead atoms. The number of ether oxygens (including phenoxy) is 1. The van der Waals surface area contributed by atoms with E-state index in [4.69, 9.17) is 14.7 Å². The lowest BCUT2D eigenvalue weighted by Gasteiger charge is -2.40. The molecule has 1 aliphatic carbocycles. The Morgan fingerprint density at radius 3 is 1.68 bits per heavy atom. The Labute approximate surface area is 289 Å². The molecule has 0 fully saturated rings. The maximum absolute atomic E-state index is 7.24. The Morgan fingerprint density at radius 2 is 0.980 bits per heavy atom. The van der Waals surface area contributed by atoms with Crippen molar-refractivity contribution in [2.45, 2.75) is 5.41 Å². The van der Waals surface area contributed by atoms with E-state index in [-0.39, 0.29) is 0 Å². The summed E-state index contributed by atoms with van der Waals surface area (Å²) in [6.45, 7) is 0. The fraction of sp³-hybridized carbons (Fsp3) is 0.0222. The first-order chi connectivity index (χ1) is 24.8. The number of hydrogen-bond donors (Lipinski definition) is 0. The van der Waals surface area contributed by atoms with Crippen molar-refractivity contribution in [2.75, 3.05) is 0 Å². The van der Waals surface area contributed by atoms with Gasteiger partial charge in [-0.2, -0.15) is 0 Å². The third kappa shape index (κ3) is 4.13. The SMILES string of the molecule is c1ccc(-c2cc(-c3ccccn3)nc(-c3cccc4c3Oc3c(-c5ccncc5)cccc3C43c4ccccc4-c4ccccc43)n2)cc1. The second-order valence-corrected chi connectivity index (χ2v) is 12.6. The third-order valence-electron chi connectivity index (χ3n) is 9.95. The zero-order valence-electron chi connectivity index (χ0n) is 26.9. The molecule has 234 valence electrons. The van der Waals surface area contributed by atoms with Gasteiger partial charge < -0.3 is 4.74 Å². The van der Waals surface area contributed by atoms with Crippen molar-refractivity contribution >= 4 is 0 Å². The maximum atomic E-state index is 7.24. The Morgan fingerprint density at radius 1 is 0.400 bits per heavy atom. The van der Waals surface area contributed by atoms with E-state index in [1.807, 2.05) is 67.0 Å². The average molecular weight is 641 g/mol. The molecule has 0 radical (unpaired) electrons. The van der Waals surface area contributed by atoms with Crippen LogP contribution in [0.3, 0.4) is 0 Å². The monoisotopic (exact) mass is 640 g/mol. The molecule has 50 heavy (non-hydrogen) atoms. The highest BCUT2D eigenvalue weighted by atomic mass is 16.5. The lowest BCUT2D eigenvalue weighted by molar-refractivity contribution is 0.439. The summed E-state index contributed by atoms with van der Waals surface area (Å²) in [7, 11) is 0. The van der Waals surface area contributed by atoms with E-state index >= 15 is 0 Å². The first kappa shape index (κ1) is 28.3. The van der Waals surface area contributed by atoms with Gasteiger partial charge in [-0.1, -0.05) is 115 Å². The topological polar surface area (TPSA) is 60.8 Å². The fourth-order valence-corrected chi connectivity index (χ4v) is 7.85. The minimum absolute atomic E-state index is 0.573. The molecule has 5 heteroatoms. The maximum Gasteiger partial charge on any atom is 0.164 e. The summed E-state index contributed by atoms with van der Waals surface area (Å²) in [6, 6.07) is 52.6. The molecular formula is C45H28N4O.